The van der Waals surface area contributed by atoms with E-state index in [9.17, 15) is 4.79 Å². The second kappa shape index (κ2) is 4.14. The lowest BCUT2D eigenvalue weighted by Crippen LogP contribution is -2.47. The molecule has 1 aromatic carbocycles. The molecular formula is C13H14N2O2. The Morgan fingerprint density at radius 2 is 2.12 bits per heavy atom. The zero-order chi connectivity index (χ0) is 12.5. The Hall–Kier alpha value is -1.94. The number of fused-ring (bicyclic) bond motifs is 1. The van der Waals surface area contributed by atoms with Crippen LogP contribution in [-0.2, 0) is 11.2 Å². The molecule has 0 fully saturated rings. The van der Waals surface area contributed by atoms with Crippen LogP contribution in [0.15, 0.2) is 36.5 Å². The van der Waals surface area contributed by atoms with Crippen LogP contribution in [0.25, 0.3) is 10.8 Å². The van der Waals surface area contributed by atoms with Gasteiger partial charge < -0.3 is 10.8 Å². The molecular weight excluding hydrogens is 216 g/mol. The quantitative estimate of drug-likeness (QED) is 0.839. The Kier molecular flexibility index (Phi) is 2.81. The van der Waals surface area contributed by atoms with Crippen molar-refractivity contribution < 1.29 is 9.90 Å². The average Bonchev–Trinajstić information content (AvgIpc) is 2.29. The van der Waals surface area contributed by atoms with Crippen LogP contribution in [-0.4, -0.2) is 21.6 Å². The van der Waals surface area contributed by atoms with Gasteiger partial charge in [0, 0.05) is 18.0 Å². The number of hydrogen-bond donors (Lipinski definition) is 2. The highest BCUT2D eigenvalue weighted by Crippen LogP contribution is 2.19. The Labute approximate surface area is 99.1 Å². The maximum Gasteiger partial charge on any atom is 0.323 e. The highest BCUT2D eigenvalue weighted by atomic mass is 16.4. The fraction of sp³-hybridized carbons (Fsp3) is 0.231. The number of aliphatic carboxylic acids is 1. The van der Waals surface area contributed by atoms with E-state index in [2.05, 4.69) is 4.98 Å². The smallest absolute Gasteiger partial charge is 0.323 e. The van der Waals surface area contributed by atoms with Gasteiger partial charge in [-0.15, -0.1) is 0 Å². The molecule has 0 aliphatic carbocycles. The van der Waals surface area contributed by atoms with E-state index in [4.69, 9.17) is 10.8 Å². The van der Waals surface area contributed by atoms with Gasteiger partial charge in [0.2, 0.25) is 0 Å². The van der Waals surface area contributed by atoms with Crippen molar-refractivity contribution in [2.75, 3.05) is 0 Å². The average molecular weight is 230 g/mol. The van der Waals surface area contributed by atoms with Crippen molar-refractivity contribution in [3.63, 3.8) is 0 Å². The predicted octanol–water partition coefficient (Wildman–Crippen LogP) is 1.58. The van der Waals surface area contributed by atoms with Gasteiger partial charge in [0.1, 0.15) is 5.54 Å². The molecule has 4 nitrogen and oxygen atoms in total. The molecule has 1 aromatic heterocycles. The van der Waals surface area contributed by atoms with Gasteiger partial charge in [0.05, 0.1) is 5.69 Å². The van der Waals surface area contributed by atoms with E-state index in [0.29, 0.717) is 0 Å². The van der Waals surface area contributed by atoms with Crippen molar-refractivity contribution in [3.05, 3.63) is 42.2 Å². The van der Waals surface area contributed by atoms with Gasteiger partial charge in [-0.3, -0.25) is 9.78 Å². The van der Waals surface area contributed by atoms with E-state index in [1.54, 1.807) is 6.20 Å². The minimum Gasteiger partial charge on any atom is -0.480 e. The molecule has 0 spiro atoms. The van der Waals surface area contributed by atoms with Crippen LogP contribution in [0, 0.1) is 0 Å². The lowest BCUT2D eigenvalue weighted by Gasteiger charge is -2.19. The van der Waals surface area contributed by atoms with Gasteiger partial charge >= 0.3 is 5.97 Å². The summed E-state index contributed by atoms with van der Waals surface area (Å²) in [5.74, 6) is -1.02. The number of rotatable bonds is 3. The molecule has 1 heterocycles. The monoisotopic (exact) mass is 230 g/mol. The number of carbonyl (C=O) groups is 1. The maximum absolute atomic E-state index is 11.0. The molecule has 0 unspecified atom stereocenters. The van der Waals surface area contributed by atoms with Gasteiger partial charge in [-0.05, 0) is 18.4 Å². The zero-order valence-corrected chi connectivity index (χ0v) is 9.55. The van der Waals surface area contributed by atoms with Crippen LogP contribution >= 0.6 is 0 Å². The molecule has 0 saturated heterocycles. The molecule has 0 amide bonds. The van der Waals surface area contributed by atoms with E-state index < -0.39 is 11.5 Å². The van der Waals surface area contributed by atoms with Crippen LogP contribution < -0.4 is 5.73 Å². The number of nitrogens with zero attached hydrogens (tertiary/aromatic N) is 1. The summed E-state index contributed by atoms with van der Waals surface area (Å²) in [5.41, 5.74) is 5.17. The van der Waals surface area contributed by atoms with Crippen LogP contribution in [0.4, 0.5) is 0 Å². The summed E-state index contributed by atoms with van der Waals surface area (Å²) in [5, 5.41) is 11.0. The summed E-state index contributed by atoms with van der Waals surface area (Å²) in [6.45, 7) is 1.50. The summed E-state index contributed by atoms with van der Waals surface area (Å²) in [7, 11) is 0. The molecule has 2 aromatic rings. The number of carboxylic acid groups (broad SMARTS) is 1. The number of hydrogen-bond acceptors (Lipinski definition) is 3. The van der Waals surface area contributed by atoms with Crippen molar-refractivity contribution in [2.45, 2.75) is 18.9 Å². The molecule has 1 atom stereocenters. The highest BCUT2D eigenvalue weighted by molar-refractivity contribution is 5.85. The SMILES string of the molecule is C[C@](N)(Cc1nccc2ccccc12)C(=O)O. The van der Waals surface area contributed by atoms with Crippen molar-refractivity contribution in [2.24, 2.45) is 5.73 Å². The standard InChI is InChI=1S/C13H14N2O2/c1-13(14,12(16)17)8-11-10-5-3-2-4-9(10)6-7-15-11/h2-7H,8,14H2,1H3,(H,16,17)/t13-/m0/s1. The fourth-order valence-electron chi connectivity index (χ4n) is 1.75. The molecule has 0 saturated carbocycles. The Morgan fingerprint density at radius 3 is 2.82 bits per heavy atom. The number of benzene rings is 1. The number of nitrogens with two attached hydrogens (primary N) is 1. The number of aromatic nitrogens is 1. The second-order valence-electron chi connectivity index (χ2n) is 4.38. The fourth-order valence-corrected chi connectivity index (χ4v) is 1.75. The third-order valence-corrected chi connectivity index (χ3v) is 2.78. The molecule has 88 valence electrons. The van der Waals surface area contributed by atoms with Crippen LogP contribution in [0.2, 0.25) is 0 Å². The summed E-state index contributed by atoms with van der Waals surface area (Å²) < 4.78 is 0. The zero-order valence-electron chi connectivity index (χ0n) is 9.55. The normalized spacial score (nSPS) is 14.5. The van der Waals surface area contributed by atoms with E-state index in [1.807, 2.05) is 30.3 Å². The largest absolute Gasteiger partial charge is 0.480 e. The Bertz CT molecular complexity index is 559. The molecule has 0 radical (unpaired) electrons. The topological polar surface area (TPSA) is 76.2 Å². The summed E-state index contributed by atoms with van der Waals surface area (Å²) in [4.78, 5) is 15.2. The third kappa shape index (κ3) is 2.26. The van der Waals surface area contributed by atoms with Gasteiger partial charge in [-0.1, -0.05) is 24.3 Å². The summed E-state index contributed by atoms with van der Waals surface area (Å²) in [6.07, 6.45) is 1.89. The first-order chi connectivity index (χ1) is 8.00. The first-order valence-corrected chi connectivity index (χ1v) is 5.35. The second-order valence-corrected chi connectivity index (χ2v) is 4.38. The molecule has 0 aliphatic heterocycles. The van der Waals surface area contributed by atoms with Crippen LogP contribution in [0.3, 0.4) is 0 Å². The molecule has 0 aliphatic rings. The first-order valence-electron chi connectivity index (χ1n) is 5.35. The molecule has 17 heavy (non-hydrogen) atoms. The molecule has 2 rings (SSSR count). The predicted molar refractivity (Wildman–Crippen MR) is 65.7 cm³/mol. The lowest BCUT2D eigenvalue weighted by atomic mass is 9.94. The Balaban J connectivity index is 2.46. The van der Waals surface area contributed by atoms with Crippen molar-refractivity contribution in [1.82, 2.24) is 4.98 Å². The van der Waals surface area contributed by atoms with Gasteiger partial charge in [-0.25, -0.2) is 0 Å². The van der Waals surface area contributed by atoms with Crippen molar-refractivity contribution in [3.8, 4) is 0 Å². The van der Waals surface area contributed by atoms with Crippen molar-refractivity contribution >= 4 is 16.7 Å². The summed E-state index contributed by atoms with van der Waals surface area (Å²) >= 11 is 0. The third-order valence-electron chi connectivity index (χ3n) is 2.78. The number of carboxylic acids is 1. The van der Waals surface area contributed by atoms with Crippen LogP contribution in [0.1, 0.15) is 12.6 Å². The van der Waals surface area contributed by atoms with E-state index in [0.717, 1.165) is 16.5 Å². The number of pyridine rings is 1. The van der Waals surface area contributed by atoms with E-state index in [1.165, 1.54) is 6.92 Å². The summed E-state index contributed by atoms with van der Waals surface area (Å²) in [6, 6.07) is 9.63. The Morgan fingerprint density at radius 1 is 1.41 bits per heavy atom. The van der Waals surface area contributed by atoms with Gasteiger partial charge in [0.25, 0.3) is 0 Å². The minimum atomic E-state index is -1.29. The molecule has 4 heteroatoms. The van der Waals surface area contributed by atoms with E-state index >= 15 is 0 Å². The maximum atomic E-state index is 11.0. The van der Waals surface area contributed by atoms with Crippen LogP contribution in [0.5, 0.6) is 0 Å². The van der Waals surface area contributed by atoms with Gasteiger partial charge in [-0.2, -0.15) is 0 Å². The minimum absolute atomic E-state index is 0.212. The molecule has 3 N–H and O–H groups in total. The highest BCUT2D eigenvalue weighted by Gasteiger charge is 2.29. The first kappa shape index (κ1) is 11.5. The molecule has 0 bridgehead atoms. The lowest BCUT2D eigenvalue weighted by molar-refractivity contribution is -0.142. The van der Waals surface area contributed by atoms with E-state index in [-0.39, 0.29) is 6.42 Å². The van der Waals surface area contributed by atoms with Crippen molar-refractivity contribution in [1.29, 1.82) is 0 Å². The van der Waals surface area contributed by atoms with Gasteiger partial charge in [0.15, 0.2) is 0 Å².